The molecule has 5 heteroatoms. The molecule has 2 fully saturated rings. The molecule has 1 atom stereocenters. The highest BCUT2D eigenvalue weighted by molar-refractivity contribution is 5.93. The largest absolute Gasteiger partial charge is 0.336 e. The highest BCUT2D eigenvalue weighted by Crippen LogP contribution is 2.21. The van der Waals surface area contributed by atoms with Gasteiger partial charge in [0.2, 0.25) is 0 Å². The smallest absolute Gasteiger partial charge is 0.272 e. The van der Waals surface area contributed by atoms with Crippen molar-refractivity contribution in [1.82, 2.24) is 19.2 Å². The first-order chi connectivity index (χ1) is 11.8. The summed E-state index contributed by atoms with van der Waals surface area (Å²) >= 11 is 0. The molecule has 2 aromatic rings. The van der Waals surface area contributed by atoms with Crippen LogP contribution in [0.1, 0.15) is 49.0 Å². The fourth-order valence-corrected chi connectivity index (χ4v) is 4.15. The maximum absolute atomic E-state index is 13.0. The third-order valence-electron chi connectivity index (χ3n) is 5.48. The van der Waals surface area contributed by atoms with Crippen molar-refractivity contribution >= 4 is 11.6 Å². The number of hydrogen-bond donors (Lipinski definition) is 0. The van der Waals surface area contributed by atoms with E-state index >= 15 is 0 Å². The van der Waals surface area contributed by atoms with Crippen molar-refractivity contribution < 1.29 is 4.79 Å². The molecular formula is C19H26N4O. The number of hydrogen-bond acceptors (Lipinski definition) is 3. The summed E-state index contributed by atoms with van der Waals surface area (Å²) in [5, 5.41) is 0. The molecule has 0 bridgehead atoms. The number of nitrogens with zero attached hydrogens (tertiary/aromatic N) is 4. The predicted octanol–water partition coefficient (Wildman–Crippen LogP) is 2.81. The monoisotopic (exact) mass is 326 g/mol. The first kappa shape index (κ1) is 15.6. The van der Waals surface area contributed by atoms with Crippen molar-refractivity contribution in [3.8, 4) is 0 Å². The van der Waals surface area contributed by atoms with Crippen molar-refractivity contribution in [3.05, 3.63) is 36.3 Å². The molecule has 0 spiro atoms. The van der Waals surface area contributed by atoms with E-state index in [9.17, 15) is 4.79 Å². The Bertz CT molecular complexity index is 702. The van der Waals surface area contributed by atoms with Gasteiger partial charge in [0.15, 0.2) is 0 Å². The minimum atomic E-state index is 0.119. The van der Waals surface area contributed by atoms with Gasteiger partial charge in [0, 0.05) is 25.3 Å². The fourth-order valence-electron chi connectivity index (χ4n) is 4.15. The second-order valence-electron chi connectivity index (χ2n) is 7.07. The molecule has 0 aromatic carbocycles. The van der Waals surface area contributed by atoms with Gasteiger partial charge in [0.25, 0.3) is 5.91 Å². The summed E-state index contributed by atoms with van der Waals surface area (Å²) in [4.78, 5) is 22.0. The van der Waals surface area contributed by atoms with Gasteiger partial charge in [-0.2, -0.15) is 0 Å². The molecule has 1 amide bonds. The zero-order chi connectivity index (χ0) is 16.4. The Kier molecular flexibility index (Phi) is 4.52. The van der Waals surface area contributed by atoms with Gasteiger partial charge in [0.1, 0.15) is 11.3 Å². The van der Waals surface area contributed by atoms with Crippen molar-refractivity contribution in [2.45, 2.75) is 44.6 Å². The Morgan fingerprint density at radius 1 is 1.04 bits per heavy atom. The number of likely N-dealkylation sites (tertiary alicyclic amines) is 2. The molecule has 2 aliphatic heterocycles. The minimum Gasteiger partial charge on any atom is -0.336 e. The highest BCUT2D eigenvalue weighted by Gasteiger charge is 2.29. The molecule has 0 unspecified atom stereocenters. The van der Waals surface area contributed by atoms with E-state index in [-0.39, 0.29) is 5.91 Å². The number of rotatable bonds is 2. The standard InChI is InChI=1S/C19H26N4O/c24-19(17-14-20-18-9-3-6-13-23(17)18)22-12-7-8-16(15-22)21-10-4-1-2-5-11-21/h3,6,9,13-14,16H,1-2,4-5,7-8,10-12,15H2/t16-/m1/s1. The Balaban J connectivity index is 1.50. The van der Waals surface area contributed by atoms with Crippen LogP contribution >= 0.6 is 0 Å². The summed E-state index contributed by atoms with van der Waals surface area (Å²) < 4.78 is 1.90. The SMILES string of the molecule is O=C(c1cnc2ccccn12)N1CCC[C@@H](N2CCCCCC2)C1. The summed E-state index contributed by atoms with van der Waals surface area (Å²) in [7, 11) is 0. The summed E-state index contributed by atoms with van der Waals surface area (Å²) in [6.07, 6.45) is 11.3. The van der Waals surface area contributed by atoms with Crippen LogP contribution in [-0.2, 0) is 0 Å². The lowest BCUT2D eigenvalue weighted by atomic mass is 10.0. The molecule has 0 saturated carbocycles. The Labute approximate surface area is 143 Å². The lowest BCUT2D eigenvalue weighted by Gasteiger charge is -2.39. The third kappa shape index (κ3) is 3.05. The van der Waals surface area contributed by atoms with E-state index < -0.39 is 0 Å². The van der Waals surface area contributed by atoms with Crippen LogP contribution in [0.25, 0.3) is 5.65 Å². The second-order valence-corrected chi connectivity index (χ2v) is 7.07. The van der Waals surface area contributed by atoms with Gasteiger partial charge < -0.3 is 4.90 Å². The molecule has 5 nitrogen and oxygen atoms in total. The normalized spacial score (nSPS) is 23.3. The van der Waals surface area contributed by atoms with Gasteiger partial charge in [-0.1, -0.05) is 18.9 Å². The average Bonchev–Trinajstić information content (AvgIpc) is 2.87. The van der Waals surface area contributed by atoms with Crippen LogP contribution < -0.4 is 0 Å². The molecule has 2 aromatic heterocycles. The van der Waals surface area contributed by atoms with Crippen molar-refractivity contribution in [2.75, 3.05) is 26.2 Å². The van der Waals surface area contributed by atoms with E-state index in [0.717, 1.165) is 25.2 Å². The first-order valence-electron chi connectivity index (χ1n) is 9.28. The van der Waals surface area contributed by atoms with Crippen LogP contribution in [0.15, 0.2) is 30.6 Å². The maximum atomic E-state index is 13.0. The first-order valence-corrected chi connectivity index (χ1v) is 9.28. The number of imidazole rings is 1. The molecule has 24 heavy (non-hydrogen) atoms. The van der Waals surface area contributed by atoms with Gasteiger partial charge >= 0.3 is 0 Å². The number of aromatic nitrogens is 2. The van der Waals surface area contributed by atoms with Crippen LogP contribution in [0.2, 0.25) is 0 Å². The molecule has 4 heterocycles. The fraction of sp³-hybridized carbons (Fsp3) is 0.579. The number of pyridine rings is 1. The van der Waals surface area contributed by atoms with Gasteiger partial charge in [0.05, 0.1) is 6.20 Å². The Morgan fingerprint density at radius 3 is 2.71 bits per heavy atom. The zero-order valence-electron chi connectivity index (χ0n) is 14.2. The number of carbonyl (C=O) groups excluding carboxylic acids is 1. The number of carbonyl (C=O) groups is 1. The van der Waals surface area contributed by atoms with E-state index in [1.54, 1.807) is 6.20 Å². The minimum absolute atomic E-state index is 0.119. The van der Waals surface area contributed by atoms with E-state index in [4.69, 9.17) is 0 Å². The highest BCUT2D eigenvalue weighted by atomic mass is 16.2. The lowest BCUT2D eigenvalue weighted by molar-refractivity contribution is 0.0572. The number of amides is 1. The molecule has 0 radical (unpaired) electrons. The second kappa shape index (κ2) is 6.93. The van der Waals surface area contributed by atoms with Crippen molar-refractivity contribution in [2.24, 2.45) is 0 Å². The van der Waals surface area contributed by atoms with Crippen LogP contribution in [0.5, 0.6) is 0 Å². The van der Waals surface area contributed by atoms with Gasteiger partial charge in [-0.05, 0) is 50.9 Å². The number of fused-ring (bicyclic) bond motifs is 1. The Morgan fingerprint density at radius 2 is 1.88 bits per heavy atom. The average molecular weight is 326 g/mol. The summed E-state index contributed by atoms with van der Waals surface area (Å²) in [6.45, 7) is 4.12. The van der Waals surface area contributed by atoms with Gasteiger partial charge in [-0.3, -0.25) is 14.1 Å². The van der Waals surface area contributed by atoms with Gasteiger partial charge in [-0.15, -0.1) is 0 Å². The molecular weight excluding hydrogens is 300 g/mol. The zero-order valence-corrected chi connectivity index (χ0v) is 14.2. The molecule has 0 N–H and O–H groups in total. The summed E-state index contributed by atoms with van der Waals surface area (Å²) in [5.41, 5.74) is 1.52. The predicted molar refractivity (Wildman–Crippen MR) is 94.2 cm³/mol. The van der Waals surface area contributed by atoms with Gasteiger partial charge in [-0.25, -0.2) is 4.98 Å². The van der Waals surface area contributed by atoms with E-state index in [0.29, 0.717) is 11.7 Å². The van der Waals surface area contributed by atoms with Crippen LogP contribution in [0.3, 0.4) is 0 Å². The molecule has 128 valence electrons. The third-order valence-corrected chi connectivity index (χ3v) is 5.48. The van der Waals surface area contributed by atoms with Crippen LogP contribution in [-0.4, -0.2) is 57.3 Å². The quantitative estimate of drug-likeness (QED) is 0.852. The maximum Gasteiger partial charge on any atom is 0.272 e. The van der Waals surface area contributed by atoms with E-state index in [2.05, 4.69) is 9.88 Å². The molecule has 0 aliphatic carbocycles. The molecule has 2 aliphatic rings. The van der Waals surface area contributed by atoms with Crippen LogP contribution in [0.4, 0.5) is 0 Å². The summed E-state index contributed by atoms with van der Waals surface area (Å²) in [5.74, 6) is 0.119. The number of piperidine rings is 1. The van der Waals surface area contributed by atoms with E-state index in [1.807, 2.05) is 33.7 Å². The summed E-state index contributed by atoms with van der Waals surface area (Å²) in [6, 6.07) is 6.36. The molecule has 2 saturated heterocycles. The topological polar surface area (TPSA) is 40.9 Å². The van der Waals surface area contributed by atoms with Crippen LogP contribution in [0, 0.1) is 0 Å². The molecule has 4 rings (SSSR count). The van der Waals surface area contributed by atoms with E-state index in [1.165, 1.54) is 45.2 Å². The van der Waals surface area contributed by atoms with Crippen molar-refractivity contribution in [3.63, 3.8) is 0 Å². The lowest BCUT2D eigenvalue weighted by Crippen LogP contribution is -2.50. The van der Waals surface area contributed by atoms with Crippen molar-refractivity contribution in [1.29, 1.82) is 0 Å². The Hall–Kier alpha value is -1.88.